The molecule has 0 spiro atoms. The molecule has 3 atom stereocenters. The van der Waals surface area contributed by atoms with Crippen molar-refractivity contribution in [2.24, 2.45) is 0 Å². The lowest BCUT2D eigenvalue weighted by Crippen LogP contribution is -2.35. The number of carbonyl (C=O) groups is 1. The summed E-state index contributed by atoms with van der Waals surface area (Å²) < 4.78 is 5.19. The van der Waals surface area contributed by atoms with E-state index in [1.807, 2.05) is 32.9 Å². The molecule has 0 bridgehead atoms. The Kier molecular flexibility index (Phi) is 5.96. The van der Waals surface area contributed by atoms with Crippen molar-refractivity contribution in [2.45, 2.75) is 71.2 Å². The quantitative estimate of drug-likeness (QED) is 0.580. The van der Waals surface area contributed by atoms with Crippen molar-refractivity contribution in [1.29, 1.82) is 0 Å². The molecule has 0 amide bonds. The number of hydrogen-bond donors (Lipinski definition) is 2. The molecule has 1 fully saturated rings. The number of carbonyl (C=O) groups excluding carboxylic acids is 1. The molecule has 1 aliphatic heterocycles. The minimum atomic E-state index is -0.793. The highest BCUT2D eigenvalue weighted by atomic mass is 16.6. The molecule has 0 aliphatic carbocycles. The van der Waals surface area contributed by atoms with Gasteiger partial charge in [0.1, 0.15) is 11.7 Å². The number of hydrogen-bond acceptors (Lipinski definition) is 4. The highest BCUT2D eigenvalue weighted by molar-refractivity contribution is 5.73. The lowest BCUT2D eigenvalue weighted by Gasteiger charge is -2.25. The SMILES string of the molecule is CC(C)=CCC(O)/C(C)=C/CC[C@@]1(C)OC(=O)C[C@@H]1O. The van der Waals surface area contributed by atoms with Gasteiger partial charge in [-0.15, -0.1) is 0 Å². The van der Waals surface area contributed by atoms with Gasteiger partial charge in [0.15, 0.2) is 0 Å². The van der Waals surface area contributed by atoms with Crippen LogP contribution in [0.5, 0.6) is 0 Å². The average Bonchev–Trinajstić information content (AvgIpc) is 2.59. The number of aliphatic hydroxyl groups excluding tert-OH is 2. The Hall–Kier alpha value is -1.13. The first kappa shape index (κ1) is 16.9. The summed E-state index contributed by atoms with van der Waals surface area (Å²) in [6.45, 7) is 7.65. The van der Waals surface area contributed by atoms with E-state index in [9.17, 15) is 15.0 Å². The maximum Gasteiger partial charge on any atom is 0.309 e. The van der Waals surface area contributed by atoms with Crippen molar-refractivity contribution in [1.82, 2.24) is 0 Å². The second kappa shape index (κ2) is 7.04. The van der Waals surface area contributed by atoms with E-state index in [-0.39, 0.29) is 12.4 Å². The number of cyclic esters (lactones) is 1. The Balaban J connectivity index is 2.47. The maximum absolute atomic E-state index is 11.2. The van der Waals surface area contributed by atoms with E-state index in [1.54, 1.807) is 6.92 Å². The summed E-state index contributed by atoms with van der Waals surface area (Å²) in [6, 6.07) is 0. The number of rotatable bonds is 6. The maximum atomic E-state index is 11.2. The molecule has 4 heteroatoms. The summed E-state index contributed by atoms with van der Waals surface area (Å²) in [6.07, 6.45) is 4.65. The van der Waals surface area contributed by atoms with Crippen LogP contribution in [0.1, 0.15) is 53.4 Å². The highest BCUT2D eigenvalue weighted by Crippen LogP contribution is 2.31. The molecule has 1 saturated heterocycles. The molecule has 1 aliphatic rings. The number of aliphatic hydroxyl groups is 2. The van der Waals surface area contributed by atoms with Crippen molar-refractivity contribution in [3.8, 4) is 0 Å². The number of allylic oxidation sites excluding steroid dienone is 2. The minimum absolute atomic E-state index is 0.0718. The zero-order valence-electron chi connectivity index (χ0n) is 12.8. The van der Waals surface area contributed by atoms with Gasteiger partial charge in [-0.1, -0.05) is 17.7 Å². The van der Waals surface area contributed by atoms with E-state index in [1.165, 1.54) is 5.57 Å². The first-order valence-corrected chi connectivity index (χ1v) is 7.12. The standard InChI is InChI=1S/C16H26O4/c1-11(2)7-8-13(17)12(3)6-5-9-16(4)14(18)10-15(19)20-16/h6-7,13-14,17-18H,5,8-10H2,1-4H3/b12-6+/t13?,14-,16+/m0/s1. The molecule has 0 radical (unpaired) electrons. The zero-order valence-corrected chi connectivity index (χ0v) is 12.8. The Bertz CT molecular complexity index is 407. The Morgan fingerprint density at radius 1 is 1.45 bits per heavy atom. The molecular formula is C16H26O4. The average molecular weight is 282 g/mol. The van der Waals surface area contributed by atoms with Crippen LogP contribution in [0.3, 0.4) is 0 Å². The van der Waals surface area contributed by atoms with Gasteiger partial charge in [0.25, 0.3) is 0 Å². The monoisotopic (exact) mass is 282 g/mol. The number of ether oxygens (including phenoxy) is 1. The van der Waals surface area contributed by atoms with E-state index >= 15 is 0 Å². The van der Waals surface area contributed by atoms with Crippen LogP contribution in [0.4, 0.5) is 0 Å². The van der Waals surface area contributed by atoms with Crippen LogP contribution >= 0.6 is 0 Å². The summed E-state index contributed by atoms with van der Waals surface area (Å²) in [4.78, 5) is 11.2. The minimum Gasteiger partial charge on any atom is -0.456 e. The van der Waals surface area contributed by atoms with Crippen molar-refractivity contribution < 1.29 is 19.7 Å². The fourth-order valence-electron chi connectivity index (χ4n) is 2.22. The smallest absolute Gasteiger partial charge is 0.309 e. The van der Waals surface area contributed by atoms with Crippen molar-refractivity contribution in [3.63, 3.8) is 0 Å². The zero-order chi connectivity index (χ0) is 15.3. The predicted octanol–water partition coefficient (Wildman–Crippen LogP) is 2.50. The third-order valence-electron chi connectivity index (χ3n) is 3.79. The van der Waals surface area contributed by atoms with Gasteiger partial charge in [-0.05, 0) is 52.5 Å². The molecule has 0 saturated carbocycles. The van der Waals surface area contributed by atoms with Gasteiger partial charge >= 0.3 is 5.97 Å². The molecule has 114 valence electrons. The molecule has 4 nitrogen and oxygen atoms in total. The molecule has 20 heavy (non-hydrogen) atoms. The van der Waals surface area contributed by atoms with Crippen LogP contribution in [0.15, 0.2) is 23.3 Å². The Morgan fingerprint density at radius 2 is 2.10 bits per heavy atom. The fraction of sp³-hybridized carbons (Fsp3) is 0.688. The Labute approximate surface area is 121 Å². The summed E-state index contributed by atoms with van der Waals surface area (Å²) in [5.74, 6) is -0.343. The molecule has 0 aromatic carbocycles. The topological polar surface area (TPSA) is 66.8 Å². The van der Waals surface area contributed by atoms with Gasteiger partial charge in [-0.25, -0.2) is 0 Å². The first-order valence-electron chi connectivity index (χ1n) is 7.12. The second-order valence-corrected chi connectivity index (χ2v) is 6.03. The first-order chi connectivity index (χ1) is 9.24. The third-order valence-corrected chi connectivity index (χ3v) is 3.79. The molecule has 0 aromatic heterocycles. The van der Waals surface area contributed by atoms with E-state index in [0.717, 1.165) is 5.57 Å². The van der Waals surface area contributed by atoms with Gasteiger partial charge in [-0.3, -0.25) is 4.79 Å². The third kappa shape index (κ3) is 4.76. The van der Waals surface area contributed by atoms with Crippen LogP contribution in [-0.2, 0) is 9.53 Å². The summed E-state index contributed by atoms with van der Waals surface area (Å²) >= 11 is 0. The van der Waals surface area contributed by atoms with E-state index < -0.39 is 17.8 Å². The van der Waals surface area contributed by atoms with Gasteiger partial charge in [0.05, 0.1) is 12.5 Å². The Morgan fingerprint density at radius 3 is 2.60 bits per heavy atom. The molecule has 0 aromatic rings. The summed E-state index contributed by atoms with van der Waals surface area (Å²) in [5.41, 5.74) is 1.30. The van der Waals surface area contributed by atoms with E-state index in [2.05, 4.69) is 0 Å². The van der Waals surface area contributed by atoms with Crippen LogP contribution in [0.25, 0.3) is 0 Å². The van der Waals surface area contributed by atoms with Gasteiger partial charge in [0, 0.05) is 0 Å². The highest BCUT2D eigenvalue weighted by Gasteiger charge is 2.43. The normalized spacial score (nSPS) is 28.2. The number of esters is 1. The van der Waals surface area contributed by atoms with Crippen LogP contribution < -0.4 is 0 Å². The van der Waals surface area contributed by atoms with Crippen LogP contribution in [-0.4, -0.2) is 34.0 Å². The second-order valence-electron chi connectivity index (χ2n) is 6.03. The lowest BCUT2D eigenvalue weighted by atomic mass is 9.93. The van der Waals surface area contributed by atoms with Crippen molar-refractivity contribution >= 4 is 5.97 Å². The predicted molar refractivity (Wildman–Crippen MR) is 78.2 cm³/mol. The van der Waals surface area contributed by atoms with Crippen molar-refractivity contribution in [2.75, 3.05) is 0 Å². The lowest BCUT2D eigenvalue weighted by molar-refractivity contribution is -0.149. The summed E-state index contributed by atoms with van der Waals surface area (Å²) in [7, 11) is 0. The fourth-order valence-corrected chi connectivity index (χ4v) is 2.22. The molecule has 1 rings (SSSR count). The molecular weight excluding hydrogens is 256 g/mol. The van der Waals surface area contributed by atoms with Crippen LogP contribution in [0.2, 0.25) is 0 Å². The van der Waals surface area contributed by atoms with E-state index in [4.69, 9.17) is 4.74 Å². The van der Waals surface area contributed by atoms with Gasteiger partial charge in [0.2, 0.25) is 0 Å². The molecule has 2 N–H and O–H groups in total. The van der Waals surface area contributed by atoms with Gasteiger partial charge < -0.3 is 14.9 Å². The van der Waals surface area contributed by atoms with Crippen molar-refractivity contribution in [3.05, 3.63) is 23.3 Å². The van der Waals surface area contributed by atoms with Crippen LogP contribution in [0, 0.1) is 0 Å². The molecule has 1 heterocycles. The van der Waals surface area contributed by atoms with E-state index in [0.29, 0.717) is 19.3 Å². The summed E-state index contributed by atoms with van der Waals surface area (Å²) in [5, 5.41) is 19.8. The van der Waals surface area contributed by atoms with Gasteiger partial charge in [-0.2, -0.15) is 0 Å². The largest absolute Gasteiger partial charge is 0.456 e. The molecule has 1 unspecified atom stereocenters.